The summed E-state index contributed by atoms with van der Waals surface area (Å²) in [4.78, 5) is 34.5. The average Bonchev–Trinajstić information content (AvgIpc) is 3.26. The van der Waals surface area contributed by atoms with Gasteiger partial charge in [-0.05, 0) is 35.9 Å². The molecule has 31 heavy (non-hydrogen) atoms. The van der Waals surface area contributed by atoms with Crippen molar-refractivity contribution < 1.29 is 27.3 Å². The Balaban J connectivity index is 1.73. The van der Waals surface area contributed by atoms with E-state index in [0.717, 1.165) is 24.5 Å². The summed E-state index contributed by atoms with van der Waals surface area (Å²) in [5.74, 6) is -0.972. The third-order valence-electron chi connectivity index (χ3n) is 4.18. The van der Waals surface area contributed by atoms with Crippen LogP contribution in [0.4, 0.5) is 11.4 Å². The predicted octanol–water partition coefficient (Wildman–Crippen LogP) is 2.77. The van der Waals surface area contributed by atoms with Crippen LogP contribution in [0.5, 0.6) is 0 Å². The first-order valence-electron chi connectivity index (χ1n) is 8.85. The maximum Gasteiger partial charge on any atom is 0.291 e. The van der Waals surface area contributed by atoms with E-state index in [2.05, 4.69) is 10.6 Å². The number of carbonyl (C=O) groups is 2. The van der Waals surface area contributed by atoms with Gasteiger partial charge in [0.1, 0.15) is 0 Å². The molecule has 3 aromatic rings. The fourth-order valence-corrected chi connectivity index (χ4v) is 3.35. The van der Waals surface area contributed by atoms with Gasteiger partial charge in [0.2, 0.25) is 0 Å². The van der Waals surface area contributed by atoms with Gasteiger partial charge < -0.3 is 15.1 Å². The van der Waals surface area contributed by atoms with E-state index in [-0.39, 0.29) is 22.8 Å². The molecule has 0 aliphatic rings. The molecule has 0 unspecified atom stereocenters. The Morgan fingerprint density at radius 2 is 1.84 bits per heavy atom. The number of nitrogens with one attached hydrogen (secondary N) is 2. The van der Waals surface area contributed by atoms with Crippen molar-refractivity contribution in [2.45, 2.75) is 11.4 Å². The first-order chi connectivity index (χ1) is 14.6. The number of anilines is 1. The lowest BCUT2D eigenvalue weighted by molar-refractivity contribution is -0.385. The number of nitrogens with zero attached hydrogens (tertiary/aromatic N) is 1. The smallest absolute Gasteiger partial charge is 0.291 e. The van der Waals surface area contributed by atoms with Crippen molar-refractivity contribution in [2.75, 3.05) is 11.6 Å². The van der Waals surface area contributed by atoms with Crippen LogP contribution in [0.25, 0.3) is 0 Å². The molecular formula is C20H17N3O7S. The van der Waals surface area contributed by atoms with Crippen molar-refractivity contribution in [1.29, 1.82) is 0 Å². The van der Waals surface area contributed by atoms with E-state index in [0.29, 0.717) is 11.3 Å². The van der Waals surface area contributed by atoms with E-state index in [1.807, 2.05) is 0 Å². The Kier molecular flexibility index (Phi) is 6.16. The van der Waals surface area contributed by atoms with Crippen LogP contribution in [0.15, 0.2) is 70.2 Å². The Hall–Kier alpha value is -3.99. The number of benzene rings is 2. The van der Waals surface area contributed by atoms with E-state index in [1.54, 1.807) is 30.3 Å². The lowest BCUT2D eigenvalue weighted by Gasteiger charge is -2.09. The first kappa shape index (κ1) is 21.7. The third kappa shape index (κ3) is 5.54. The molecule has 160 valence electrons. The lowest BCUT2D eigenvalue weighted by atomic mass is 10.1. The summed E-state index contributed by atoms with van der Waals surface area (Å²) < 4.78 is 28.6. The lowest BCUT2D eigenvalue weighted by Crippen LogP contribution is -2.23. The fraction of sp³-hybridized carbons (Fsp3) is 0.100. The zero-order chi connectivity index (χ0) is 22.6. The second kappa shape index (κ2) is 8.79. The van der Waals surface area contributed by atoms with Gasteiger partial charge in [-0.2, -0.15) is 0 Å². The summed E-state index contributed by atoms with van der Waals surface area (Å²) >= 11 is 0. The summed E-state index contributed by atoms with van der Waals surface area (Å²) in [6.45, 7) is 0.0419. The zero-order valence-corrected chi connectivity index (χ0v) is 17.0. The summed E-state index contributed by atoms with van der Waals surface area (Å²) in [6.07, 6.45) is 2.28. The molecule has 2 amide bonds. The second-order valence-corrected chi connectivity index (χ2v) is 8.58. The summed E-state index contributed by atoms with van der Waals surface area (Å²) in [7, 11) is -3.75. The van der Waals surface area contributed by atoms with Gasteiger partial charge in [-0.3, -0.25) is 19.7 Å². The van der Waals surface area contributed by atoms with E-state index in [1.165, 1.54) is 12.3 Å². The highest BCUT2D eigenvalue weighted by molar-refractivity contribution is 7.90. The molecule has 0 radical (unpaired) electrons. The molecule has 11 heteroatoms. The van der Waals surface area contributed by atoms with Crippen molar-refractivity contribution in [3.05, 3.63) is 87.9 Å². The average molecular weight is 443 g/mol. The van der Waals surface area contributed by atoms with Gasteiger partial charge in [0.15, 0.2) is 15.6 Å². The molecule has 0 fully saturated rings. The van der Waals surface area contributed by atoms with Crippen LogP contribution in [0.3, 0.4) is 0 Å². The number of hydrogen-bond acceptors (Lipinski definition) is 7. The molecule has 10 nitrogen and oxygen atoms in total. The van der Waals surface area contributed by atoms with E-state index < -0.39 is 32.3 Å². The Labute approximate surface area is 177 Å². The van der Waals surface area contributed by atoms with Crippen LogP contribution in [-0.4, -0.2) is 31.4 Å². The number of nitro benzene ring substituents is 1. The number of sulfone groups is 1. The maximum atomic E-state index is 12.5. The molecule has 0 spiro atoms. The molecular weight excluding hydrogens is 426 g/mol. The molecule has 0 aliphatic heterocycles. The molecule has 3 rings (SSSR count). The van der Waals surface area contributed by atoms with Crippen LogP contribution in [0, 0.1) is 10.1 Å². The number of nitro groups is 1. The van der Waals surface area contributed by atoms with Crippen LogP contribution in [0.2, 0.25) is 0 Å². The fourth-order valence-electron chi connectivity index (χ4n) is 2.68. The molecule has 0 atom stereocenters. The van der Waals surface area contributed by atoms with Gasteiger partial charge in [0.05, 0.1) is 16.1 Å². The van der Waals surface area contributed by atoms with Gasteiger partial charge in [-0.15, -0.1) is 0 Å². The first-order valence-corrected chi connectivity index (χ1v) is 10.7. The highest BCUT2D eigenvalue weighted by atomic mass is 32.2. The third-order valence-corrected chi connectivity index (χ3v) is 5.27. The normalized spacial score (nSPS) is 11.0. The van der Waals surface area contributed by atoms with Crippen molar-refractivity contribution >= 4 is 33.0 Å². The van der Waals surface area contributed by atoms with E-state index in [9.17, 15) is 28.1 Å². The summed E-state index contributed by atoms with van der Waals surface area (Å²) in [5, 5.41) is 16.3. The van der Waals surface area contributed by atoms with Gasteiger partial charge in [0.25, 0.3) is 17.5 Å². The minimum atomic E-state index is -3.75. The van der Waals surface area contributed by atoms with Crippen molar-refractivity contribution in [2.24, 2.45) is 0 Å². The van der Waals surface area contributed by atoms with Crippen LogP contribution < -0.4 is 10.6 Å². The highest BCUT2D eigenvalue weighted by Crippen LogP contribution is 2.21. The Morgan fingerprint density at radius 3 is 2.48 bits per heavy atom. The van der Waals surface area contributed by atoms with Gasteiger partial charge in [-0.1, -0.05) is 12.1 Å². The number of non-ortho nitro benzene ring substituents is 1. The Morgan fingerprint density at radius 1 is 1.06 bits per heavy atom. The minimum absolute atomic E-state index is 0.0419. The maximum absolute atomic E-state index is 12.5. The molecule has 0 saturated heterocycles. The molecule has 2 N–H and O–H groups in total. The zero-order valence-electron chi connectivity index (χ0n) is 16.2. The molecule has 0 saturated carbocycles. The standard InChI is InChI=1S/C20H17N3O7S/c1-31(28,29)17-10-14(9-16(11-17)23(26)27)19(24)21-12-13-4-2-5-15(8-13)22-20(25)18-6-3-7-30-18/h2-11H,12H2,1H3,(H,21,24)(H,22,25). The number of hydrogen-bond donors (Lipinski definition) is 2. The molecule has 2 aromatic carbocycles. The molecule has 1 aromatic heterocycles. The molecule has 0 bridgehead atoms. The van der Waals surface area contributed by atoms with Crippen molar-refractivity contribution in [1.82, 2.24) is 5.32 Å². The largest absolute Gasteiger partial charge is 0.459 e. The van der Waals surface area contributed by atoms with Gasteiger partial charge >= 0.3 is 0 Å². The van der Waals surface area contributed by atoms with E-state index in [4.69, 9.17) is 4.42 Å². The summed E-state index contributed by atoms with van der Waals surface area (Å²) in [5.41, 5.74) is 0.454. The quantitative estimate of drug-likeness (QED) is 0.421. The summed E-state index contributed by atoms with van der Waals surface area (Å²) in [6, 6.07) is 12.8. The van der Waals surface area contributed by atoms with Crippen LogP contribution >= 0.6 is 0 Å². The molecule has 1 heterocycles. The number of amides is 2. The monoisotopic (exact) mass is 443 g/mol. The van der Waals surface area contributed by atoms with Crippen LogP contribution in [-0.2, 0) is 16.4 Å². The van der Waals surface area contributed by atoms with Crippen molar-refractivity contribution in [3.8, 4) is 0 Å². The number of carbonyl (C=O) groups excluding carboxylic acids is 2. The highest BCUT2D eigenvalue weighted by Gasteiger charge is 2.19. The number of rotatable bonds is 7. The number of furan rings is 1. The topological polar surface area (TPSA) is 149 Å². The van der Waals surface area contributed by atoms with E-state index >= 15 is 0 Å². The van der Waals surface area contributed by atoms with Crippen molar-refractivity contribution in [3.63, 3.8) is 0 Å². The molecule has 0 aliphatic carbocycles. The minimum Gasteiger partial charge on any atom is -0.459 e. The second-order valence-electron chi connectivity index (χ2n) is 6.56. The van der Waals surface area contributed by atoms with Gasteiger partial charge in [-0.25, -0.2) is 8.42 Å². The van der Waals surface area contributed by atoms with Crippen LogP contribution in [0.1, 0.15) is 26.5 Å². The SMILES string of the molecule is CS(=O)(=O)c1cc(C(=O)NCc2cccc(NC(=O)c3ccco3)c2)cc([N+](=O)[O-])c1. The Bertz CT molecular complexity index is 1250. The predicted molar refractivity (Wildman–Crippen MR) is 110 cm³/mol. The van der Waals surface area contributed by atoms with Gasteiger partial charge in [0, 0.05) is 36.2 Å².